The van der Waals surface area contributed by atoms with Gasteiger partial charge in [0, 0.05) is 6.20 Å². The lowest BCUT2D eigenvalue weighted by molar-refractivity contribution is -0.144. The Kier molecular flexibility index (Phi) is 4.34. The highest BCUT2D eigenvalue weighted by Crippen LogP contribution is 2.33. The molecule has 0 saturated carbocycles. The molecule has 0 unspecified atom stereocenters. The summed E-state index contributed by atoms with van der Waals surface area (Å²) in [5.41, 5.74) is 0.519. The van der Waals surface area contributed by atoms with E-state index in [-0.39, 0.29) is 28.3 Å². The lowest BCUT2D eigenvalue weighted by atomic mass is 10.1. The number of pyridine rings is 1. The number of carbonyl (C=O) groups is 2. The molecule has 2 aromatic heterocycles. The minimum absolute atomic E-state index is 0.0459. The molecule has 1 aromatic carbocycles. The Morgan fingerprint density at radius 2 is 1.70 bits per heavy atom. The van der Waals surface area contributed by atoms with E-state index in [2.05, 4.69) is 15.1 Å². The van der Waals surface area contributed by atoms with E-state index in [0.29, 0.717) is 0 Å². The predicted octanol–water partition coefficient (Wildman–Crippen LogP) is 2.91. The second-order valence-corrected chi connectivity index (χ2v) is 6.42. The maximum Gasteiger partial charge on any atom is 0.453 e. The summed E-state index contributed by atoms with van der Waals surface area (Å²) < 4.78 is 40.6. The molecule has 1 atom stereocenters. The van der Waals surface area contributed by atoms with Gasteiger partial charge in [-0.15, -0.1) is 5.10 Å². The van der Waals surface area contributed by atoms with Gasteiger partial charge in [-0.25, -0.2) is 9.97 Å². The first-order valence-electron chi connectivity index (χ1n) is 8.60. The number of amides is 2. The van der Waals surface area contributed by atoms with Crippen molar-refractivity contribution in [2.24, 2.45) is 0 Å². The van der Waals surface area contributed by atoms with Gasteiger partial charge in [0.05, 0.1) is 22.7 Å². The van der Waals surface area contributed by atoms with Crippen molar-refractivity contribution >= 4 is 11.8 Å². The standard InChI is InChI=1S/C19H11F3N6O2/c1-10(27-16(29)12-4-2-3-5-13(12)17(27)30)15-25-18(19(20,21)22)26-28(15)14-7-6-11(8-23)9-24-14/h2-7,9-10H,1H3/t10-/m0/s1. The van der Waals surface area contributed by atoms with Crippen molar-refractivity contribution in [1.82, 2.24) is 24.6 Å². The van der Waals surface area contributed by atoms with E-state index in [0.717, 1.165) is 9.58 Å². The maximum absolute atomic E-state index is 13.3. The zero-order valence-corrected chi connectivity index (χ0v) is 15.3. The Bertz CT molecular complexity index is 1180. The second-order valence-electron chi connectivity index (χ2n) is 6.42. The van der Waals surface area contributed by atoms with Crippen molar-refractivity contribution in [3.63, 3.8) is 0 Å². The number of benzene rings is 1. The van der Waals surface area contributed by atoms with Crippen LogP contribution < -0.4 is 0 Å². The molecule has 3 heterocycles. The maximum atomic E-state index is 13.3. The van der Waals surface area contributed by atoms with Crippen LogP contribution in [0.3, 0.4) is 0 Å². The van der Waals surface area contributed by atoms with Crippen LogP contribution in [0.4, 0.5) is 13.2 Å². The fourth-order valence-electron chi connectivity index (χ4n) is 3.14. The molecule has 0 bridgehead atoms. The third-order valence-corrected chi connectivity index (χ3v) is 4.57. The van der Waals surface area contributed by atoms with E-state index in [4.69, 9.17) is 5.26 Å². The van der Waals surface area contributed by atoms with E-state index in [9.17, 15) is 22.8 Å². The number of carbonyl (C=O) groups excluding carboxylic acids is 2. The zero-order chi connectivity index (χ0) is 21.6. The quantitative estimate of drug-likeness (QED) is 0.613. The normalized spacial score (nSPS) is 14.6. The summed E-state index contributed by atoms with van der Waals surface area (Å²) in [6.07, 6.45) is -3.69. The van der Waals surface area contributed by atoms with Crippen LogP contribution in [0.2, 0.25) is 0 Å². The third kappa shape index (κ3) is 2.98. The minimum atomic E-state index is -4.85. The molecule has 0 aliphatic carbocycles. The molecule has 4 rings (SSSR count). The molecule has 0 saturated heterocycles. The first-order chi connectivity index (χ1) is 14.2. The van der Waals surface area contributed by atoms with Crippen LogP contribution >= 0.6 is 0 Å². The fourth-order valence-corrected chi connectivity index (χ4v) is 3.14. The molecule has 2 amide bonds. The number of imide groups is 1. The molecular formula is C19H11F3N6O2. The van der Waals surface area contributed by atoms with Gasteiger partial charge in [0.2, 0.25) is 0 Å². The lowest BCUT2D eigenvalue weighted by Gasteiger charge is -2.21. The first kappa shape index (κ1) is 19.3. The summed E-state index contributed by atoms with van der Waals surface area (Å²) in [5, 5.41) is 12.4. The Labute approximate surface area is 167 Å². The third-order valence-electron chi connectivity index (χ3n) is 4.57. The number of hydrogen-bond donors (Lipinski definition) is 0. The van der Waals surface area contributed by atoms with E-state index < -0.39 is 29.9 Å². The Hall–Kier alpha value is -4.07. The van der Waals surface area contributed by atoms with Crippen molar-refractivity contribution in [2.45, 2.75) is 19.1 Å². The van der Waals surface area contributed by atoms with Gasteiger partial charge in [0.1, 0.15) is 6.07 Å². The number of fused-ring (bicyclic) bond motifs is 1. The van der Waals surface area contributed by atoms with Crippen molar-refractivity contribution in [1.29, 1.82) is 5.26 Å². The van der Waals surface area contributed by atoms with Crippen LogP contribution in [0.1, 0.15) is 50.9 Å². The number of alkyl halides is 3. The Morgan fingerprint density at radius 3 is 2.20 bits per heavy atom. The highest BCUT2D eigenvalue weighted by molar-refractivity contribution is 6.21. The average Bonchev–Trinajstić information content (AvgIpc) is 3.29. The van der Waals surface area contributed by atoms with E-state index in [1.165, 1.54) is 37.4 Å². The number of nitrogens with zero attached hydrogens (tertiary/aromatic N) is 6. The highest BCUT2D eigenvalue weighted by atomic mass is 19.4. The highest BCUT2D eigenvalue weighted by Gasteiger charge is 2.43. The molecule has 1 aliphatic heterocycles. The van der Waals surface area contributed by atoms with Gasteiger partial charge in [-0.05, 0) is 31.2 Å². The van der Waals surface area contributed by atoms with Crippen LogP contribution in [0.15, 0.2) is 42.6 Å². The number of nitriles is 1. The number of hydrogen-bond acceptors (Lipinski definition) is 6. The molecule has 0 spiro atoms. The number of rotatable bonds is 3. The largest absolute Gasteiger partial charge is 0.453 e. The van der Waals surface area contributed by atoms with E-state index >= 15 is 0 Å². The topological polar surface area (TPSA) is 105 Å². The summed E-state index contributed by atoms with van der Waals surface area (Å²) in [6, 6.07) is 9.45. The van der Waals surface area contributed by atoms with Crippen LogP contribution in [-0.2, 0) is 6.18 Å². The molecule has 150 valence electrons. The summed E-state index contributed by atoms with van der Waals surface area (Å²) >= 11 is 0. The van der Waals surface area contributed by atoms with Crippen LogP contribution in [0, 0.1) is 11.3 Å². The van der Waals surface area contributed by atoms with Gasteiger partial charge in [-0.3, -0.25) is 14.5 Å². The van der Waals surface area contributed by atoms with Gasteiger partial charge >= 0.3 is 6.18 Å². The Morgan fingerprint density at radius 1 is 1.07 bits per heavy atom. The summed E-state index contributed by atoms with van der Waals surface area (Å²) in [5.74, 6) is -3.06. The van der Waals surface area contributed by atoms with Gasteiger partial charge in [0.25, 0.3) is 17.6 Å². The van der Waals surface area contributed by atoms with Gasteiger partial charge in [-0.2, -0.15) is 23.1 Å². The molecule has 0 fully saturated rings. The zero-order valence-electron chi connectivity index (χ0n) is 15.3. The summed E-state index contributed by atoms with van der Waals surface area (Å²) in [7, 11) is 0. The van der Waals surface area contributed by atoms with E-state index in [1.54, 1.807) is 12.1 Å². The predicted molar refractivity (Wildman–Crippen MR) is 94.2 cm³/mol. The van der Waals surface area contributed by atoms with E-state index in [1.807, 2.05) is 6.07 Å². The first-order valence-corrected chi connectivity index (χ1v) is 8.60. The van der Waals surface area contributed by atoms with Gasteiger partial charge in [0.15, 0.2) is 11.6 Å². The smallest absolute Gasteiger partial charge is 0.269 e. The number of aromatic nitrogens is 4. The summed E-state index contributed by atoms with van der Waals surface area (Å²) in [4.78, 5) is 33.8. The molecule has 11 heteroatoms. The summed E-state index contributed by atoms with van der Waals surface area (Å²) in [6.45, 7) is 1.38. The Balaban J connectivity index is 1.82. The van der Waals surface area contributed by atoms with Gasteiger partial charge in [-0.1, -0.05) is 12.1 Å². The molecule has 0 radical (unpaired) electrons. The second kappa shape index (κ2) is 6.77. The molecule has 30 heavy (non-hydrogen) atoms. The van der Waals surface area contributed by atoms with Gasteiger partial charge < -0.3 is 0 Å². The van der Waals surface area contributed by atoms with Crippen molar-refractivity contribution < 1.29 is 22.8 Å². The lowest BCUT2D eigenvalue weighted by Crippen LogP contribution is -2.34. The fraction of sp³-hybridized carbons (Fsp3) is 0.158. The molecular weight excluding hydrogens is 401 g/mol. The van der Waals surface area contributed by atoms with Crippen LogP contribution in [0.5, 0.6) is 0 Å². The van der Waals surface area contributed by atoms with Crippen LogP contribution in [-0.4, -0.2) is 36.5 Å². The molecule has 1 aliphatic rings. The number of halogens is 3. The average molecular weight is 412 g/mol. The van der Waals surface area contributed by atoms with Crippen molar-refractivity contribution in [3.05, 3.63) is 70.9 Å². The molecule has 3 aromatic rings. The van der Waals surface area contributed by atoms with Crippen molar-refractivity contribution in [3.8, 4) is 11.9 Å². The van der Waals surface area contributed by atoms with Crippen LogP contribution in [0.25, 0.3) is 5.82 Å². The monoisotopic (exact) mass is 412 g/mol. The molecule has 0 N–H and O–H groups in total. The molecule has 8 nitrogen and oxygen atoms in total. The minimum Gasteiger partial charge on any atom is -0.269 e. The van der Waals surface area contributed by atoms with Crippen molar-refractivity contribution in [2.75, 3.05) is 0 Å². The SMILES string of the molecule is C[C@@H](c1nc(C(F)(F)F)nn1-c1ccc(C#N)cn1)N1C(=O)c2ccccc2C1=O.